The van der Waals surface area contributed by atoms with Gasteiger partial charge in [0, 0.05) is 25.6 Å². The molecule has 0 aliphatic heterocycles. The van der Waals surface area contributed by atoms with E-state index >= 15 is 0 Å². The molecule has 0 spiro atoms. The fourth-order valence-electron chi connectivity index (χ4n) is 2.00. The molecule has 0 heterocycles. The standard InChI is InChI=1S/C16H22N2O6S/c1-11(16(21)22)17-15(20)5-4-10-18(3)25(23,24)14-8-6-13(7-9-14)12(2)19/h6-9,11H,4-5,10H2,1-3H3,(H,17,20)(H,21,22)/t11-/m0/s1. The molecule has 1 atom stereocenters. The highest BCUT2D eigenvalue weighted by Crippen LogP contribution is 2.16. The predicted octanol–water partition coefficient (Wildman–Crippen LogP) is 0.879. The summed E-state index contributed by atoms with van der Waals surface area (Å²) in [5.41, 5.74) is 0.422. The van der Waals surface area contributed by atoms with E-state index in [9.17, 15) is 22.8 Å². The Kier molecular flexibility index (Phi) is 7.25. The van der Waals surface area contributed by atoms with Gasteiger partial charge in [-0.3, -0.25) is 14.4 Å². The van der Waals surface area contributed by atoms with Crippen molar-refractivity contribution >= 4 is 27.7 Å². The molecule has 0 aliphatic carbocycles. The van der Waals surface area contributed by atoms with Crippen molar-refractivity contribution in [1.29, 1.82) is 0 Å². The fourth-order valence-corrected chi connectivity index (χ4v) is 3.21. The summed E-state index contributed by atoms with van der Waals surface area (Å²) in [6.45, 7) is 2.85. The van der Waals surface area contributed by atoms with Gasteiger partial charge < -0.3 is 10.4 Å². The molecule has 0 bridgehead atoms. The molecule has 8 nitrogen and oxygen atoms in total. The van der Waals surface area contributed by atoms with Crippen molar-refractivity contribution in [2.45, 2.75) is 37.6 Å². The Labute approximate surface area is 146 Å². The van der Waals surface area contributed by atoms with E-state index in [-0.39, 0.29) is 30.1 Å². The number of carboxylic acids is 1. The number of carbonyl (C=O) groups excluding carboxylic acids is 2. The number of rotatable bonds is 9. The highest BCUT2D eigenvalue weighted by atomic mass is 32.2. The monoisotopic (exact) mass is 370 g/mol. The third kappa shape index (κ3) is 5.95. The van der Waals surface area contributed by atoms with Gasteiger partial charge in [-0.1, -0.05) is 12.1 Å². The first-order valence-corrected chi connectivity index (χ1v) is 9.09. The van der Waals surface area contributed by atoms with Crippen LogP contribution in [0.5, 0.6) is 0 Å². The van der Waals surface area contributed by atoms with E-state index in [1.807, 2.05) is 0 Å². The number of ketones is 1. The minimum Gasteiger partial charge on any atom is -0.480 e. The van der Waals surface area contributed by atoms with Crippen LogP contribution in [0.2, 0.25) is 0 Å². The Morgan fingerprint density at radius 1 is 1.20 bits per heavy atom. The van der Waals surface area contributed by atoms with Gasteiger partial charge in [0.1, 0.15) is 6.04 Å². The van der Waals surface area contributed by atoms with E-state index in [4.69, 9.17) is 5.11 Å². The Hall–Kier alpha value is -2.26. The van der Waals surface area contributed by atoms with Crippen molar-refractivity contribution in [3.05, 3.63) is 29.8 Å². The minimum atomic E-state index is -3.72. The highest BCUT2D eigenvalue weighted by Gasteiger charge is 2.21. The summed E-state index contributed by atoms with van der Waals surface area (Å²) in [4.78, 5) is 33.5. The van der Waals surface area contributed by atoms with Gasteiger partial charge in [0.25, 0.3) is 0 Å². The molecule has 0 fully saturated rings. The maximum atomic E-state index is 12.4. The molecule has 1 aromatic carbocycles. The zero-order valence-electron chi connectivity index (χ0n) is 14.4. The molecule has 0 saturated carbocycles. The number of nitrogens with one attached hydrogen (secondary N) is 1. The van der Waals surface area contributed by atoms with Gasteiger partial charge in [0.15, 0.2) is 5.78 Å². The van der Waals surface area contributed by atoms with Gasteiger partial charge in [0.2, 0.25) is 15.9 Å². The smallest absolute Gasteiger partial charge is 0.325 e. The first-order chi connectivity index (χ1) is 11.6. The normalized spacial score (nSPS) is 12.6. The van der Waals surface area contributed by atoms with Gasteiger partial charge in [-0.15, -0.1) is 0 Å². The van der Waals surface area contributed by atoms with Crippen molar-refractivity contribution in [2.24, 2.45) is 0 Å². The Bertz CT molecular complexity index is 742. The lowest BCUT2D eigenvalue weighted by atomic mass is 10.2. The van der Waals surface area contributed by atoms with E-state index < -0.39 is 27.9 Å². The molecule has 9 heteroatoms. The van der Waals surface area contributed by atoms with Crippen LogP contribution in [0.1, 0.15) is 37.0 Å². The van der Waals surface area contributed by atoms with Crippen LogP contribution in [0.25, 0.3) is 0 Å². The predicted molar refractivity (Wildman–Crippen MR) is 90.7 cm³/mol. The number of carbonyl (C=O) groups is 3. The average molecular weight is 370 g/mol. The van der Waals surface area contributed by atoms with Crippen LogP contribution in [0.4, 0.5) is 0 Å². The van der Waals surface area contributed by atoms with Crippen LogP contribution >= 0.6 is 0 Å². The molecule has 0 unspecified atom stereocenters. The quantitative estimate of drug-likeness (QED) is 0.623. The van der Waals surface area contributed by atoms with E-state index in [0.29, 0.717) is 5.56 Å². The fraction of sp³-hybridized carbons (Fsp3) is 0.438. The van der Waals surface area contributed by atoms with Crippen LogP contribution in [-0.4, -0.2) is 55.1 Å². The second kappa shape index (κ2) is 8.72. The van der Waals surface area contributed by atoms with Crippen LogP contribution in [0, 0.1) is 0 Å². The van der Waals surface area contributed by atoms with Crippen molar-refractivity contribution < 1.29 is 27.9 Å². The van der Waals surface area contributed by atoms with Crippen LogP contribution in [0.3, 0.4) is 0 Å². The van der Waals surface area contributed by atoms with Gasteiger partial charge in [0.05, 0.1) is 4.90 Å². The first kappa shape index (κ1) is 20.8. The molecule has 2 N–H and O–H groups in total. The molecular formula is C16H22N2O6S. The second-order valence-electron chi connectivity index (χ2n) is 5.64. The lowest BCUT2D eigenvalue weighted by Gasteiger charge is -2.17. The molecule has 0 aromatic heterocycles. The lowest BCUT2D eigenvalue weighted by Crippen LogP contribution is -2.38. The van der Waals surface area contributed by atoms with E-state index in [0.717, 1.165) is 4.31 Å². The average Bonchev–Trinajstić information content (AvgIpc) is 2.54. The third-order valence-electron chi connectivity index (χ3n) is 3.59. The number of sulfonamides is 1. The zero-order valence-corrected chi connectivity index (χ0v) is 15.2. The highest BCUT2D eigenvalue weighted by molar-refractivity contribution is 7.89. The number of hydrogen-bond acceptors (Lipinski definition) is 5. The largest absolute Gasteiger partial charge is 0.480 e. The summed E-state index contributed by atoms with van der Waals surface area (Å²) in [6, 6.07) is 4.63. The van der Waals surface area contributed by atoms with E-state index in [1.54, 1.807) is 0 Å². The molecule has 0 aliphatic rings. The maximum Gasteiger partial charge on any atom is 0.325 e. The number of aliphatic carboxylic acids is 1. The Balaban J connectivity index is 2.60. The Morgan fingerprint density at radius 3 is 2.24 bits per heavy atom. The molecule has 138 valence electrons. The number of benzene rings is 1. The topological polar surface area (TPSA) is 121 Å². The molecule has 1 amide bonds. The van der Waals surface area contributed by atoms with Gasteiger partial charge in [-0.05, 0) is 32.4 Å². The maximum absolute atomic E-state index is 12.4. The summed E-state index contributed by atoms with van der Waals surface area (Å²) < 4.78 is 26.0. The lowest BCUT2D eigenvalue weighted by molar-refractivity contribution is -0.141. The first-order valence-electron chi connectivity index (χ1n) is 7.65. The van der Waals surface area contributed by atoms with Gasteiger partial charge >= 0.3 is 5.97 Å². The molecule has 25 heavy (non-hydrogen) atoms. The molecule has 1 aromatic rings. The molecule has 1 rings (SSSR count). The Morgan fingerprint density at radius 2 is 1.76 bits per heavy atom. The summed E-state index contributed by atoms with van der Waals surface area (Å²) in [6.07, 6.45) is 0.264. The van der Waals surface area contributed by atoms with Crippen molar-refractivity contribution in [3.8, 4) is 0 Å². The van der Waals surface area contributed by atoms with Crippen LogP contribution < -0.4 is 5.32 Å². The van der Waals surface area contributed by atoms with E-state index in [1.165, 1.54) is 45.2 Å². The summed E-state index contributed by atoms with van der Waals surface area (Å²) in [5.74, 6) is -1.74. The van der Waals surface area contributed by atoms with Crippen molar-refractivity contribution in [3.63, 3.8) is 0 Å². The summed E-state index contributed by atoms with van der Waals surface area (Å²) in [5, 5.41) is 11.0. The summed E-state index contributed by atoms with van der Waals surface area (Å²) >= 11 is 0. The zero-order chi connectivity index (χ0) is 19.2. The minimum absolute atomic E-state index is 0.0146. The van der Waals surface area contributed by atoms with Crippen molar-refractivity contribution in [1.82, 2.24) is 9.62 Å². The number of carboxylic acid groups (broad SMARTS) is 1. The van der Waals surface area contributed by atoms with Crippen LogP contribution in [-0.2, 0) is 19.6 Å². The SMILES string of the molecule is CC(=O)c1ccc(S(=O)(=O)N(C)CCCC(=O)N[C@@H](C)C(=O)O)cc1. The molecule has 0 radical (unpaired) electrons. The number of Topliss-reactive ketones (excluding diaryl/α,β-unsaturated/α-hetero) is 1. The molecule has 0 saturated heterocycles. The van der Waals surface area contributed by atoms with E-state index in [2.05, 4.69) is 5.32 Å². The third-order valence-corrected chi connectivity index (χ3v) is 5.46. The number of nitrogens with zero attached hydrogens (tertiary/aromatic N) is 1. The second-order valence-corrected chi connectivity index (χ2v) is 7.68. The van der Waals surface area contributed by atoms with Crippen molar-refractivity contribution in [2.75, 3.05) is 13.6 Å². The van der Waals surface area contributed by atoms with Gasteiger partial charge in [-0.2, -0.15) is 0 Å². The number of amides is 1. The molecular weight excluding hydrogens is 348 g/mol. The van der Waals surface area contributed by atoms with Crippen LogP contribution in [0.15, 0.2) is 29.2 Å². The number of hydrogen-bond donors (Lipinski definition) is 2. The van der Waals surface area contributed by atoms with Gasteiger partial charge in [-0.25, -0.2) is 12.7 Å². The summed E-state index contributed by atoms with van der Waals surface area (Å²) in [7, 11) is -2.32.